The molecule has 4 nitrogen and oxygen atoms in total. The van der Waals surface area contributed by atoms with Gasteiger partial charge in [0.25, 0.3) is 0 Å². The summed E-state index contributed by atoms with van der Waals surface area (Å²) in [4.78, 5) is 4.85. The van der Waals surface area contributed by atoms with Crippen LogP contribution in [0.15, 0.2) is 22.8 Å². The Kier molecular flexibility index (Phi) is 2.71. The minimum Gasteiger partial charge on any atom is -0.469 e. The Morgan fingerprint density at radius 1 is 1.38 bits per heavy atom. The largest absolute Gasteiger partial charge is 0.469 e. The second-order valence-electron chi connectivity index (χ2n) is 4.75. The molecule has 3 aliphatic heterocycles. The minimum absolute atomic E-state index is 0.285. The van der Waals surface area contributed by atoms with Crippen LogP contribution in [0.4, 0.5) is 0 Å². The van der Waals surface area contributed by atoms with Crippen molar-refractivity contribution in [2.75, 3.05) is 32.7 Å². The maximum absolute atomic E-state index is 10.2. The fourth-order valence-corrected chi connectivity index (χ4v) is 2.79. The number of hydrogen-bond acceptors (Lipinski definition) is 4. The normalized spacial score (nSPS) is 35.2. The number of rotatable bonds is 3. The van der Waals surface area contributed by atoms with Crippen LogP contribution in [0, 0.1) is 0 Å². The molecule has 0 amide bonds. The summed E-state index contributed by atoms with van der Waals surface area (Å²) in [5.74, 6) is 0.880. The molecular weight excluding hydrogens is 204 g/mol. The number of piperazine rings is 3. The Morgan fingerprint density at radius 3 is 2.75 bits per heavy atom. The third-order valence-electron chi connectivity index (χ3n) is 3.76. The van der Waals surface area contributed by atoms with Crippen molar-refractivity contribution in [3.05, 3.63) is 24.2 Å². The van der Waals surface area contributed by atoms with Crippen LogP contribution in [0.25, 0.3) is 0 Å². The third-order valence-corrected chi connectivity index (χ3v) is 3.76. The van der Waals surface area contributed by atoms with Crippen LogP contribution in [0.2, 0.25) is 0 Å². The predicted molar refractivity (Wildman–Crippen MR) is 60.2 cm³/mol. The lowest BCUT2D eigenvalue weighted by Crippen LogP contribution is -2.64. The zero-order valence-corrected chi connectivity index (χ0v) is 9.38. The third kappa shape index (κ3) is 1.88. The number of aliphatic hydroxyl groups excluding tert-OH is 1. The Bertz CT molecular complexity index is 331. The van der Waals surface area contributed by atoms with Crippen molar-refractivity contribution in [1.29, 1.82) is 0 Å². The Hall–Kier alpha value is -0.840. The second-order valence-corrected chi connectivity index (χ2v) is 4.75. The molecular formula is C12H18N2O2. The lowest BCUT2D eigenvalue weighted by molar-refractivity contribution is -0.0465. The van der Waals surface area contributed by atoms with E-state index in [1.165, 1.54) is 0 Å². The van der Waals surface area contributed by atoms with E-state index in [0.29, 0.717) is 6.42 Å². The van der Waals surface area contributed by atoms with Crippen molar-refractivity contribution in [1.82, 2.24) is 9.80 Å². The molecule has 3 aliphatic rings. The summed E-state index contributed by atoms with van der Waals surface area (Å²) in [6, 6.07) is 4.09. The Morgan fingerprint density at radius 2 is 2.19 bits per heavy atom. The molecule has 0 radical (unpaired) electrons. The van der Waals surface area contributed by atoms with E-state index in [1.54, 1.807) is 6.26 Å². The van der Waals surface area contributed by atoms with Gasteiger partial charge in [-0.1, -0.05) is 0 Å². The number of fused-ring (bicyclic) bond motifs is 3. The zero-order valence-electron chi connectivity index (χ0n) is 9.38. The fourth-order valence-electron chi connectivity index (χ4n) is 2.79. The van der Waals surface area contributed by atoms with Crippen molar-refractivity contribution in [2.24, 2.45) is 0 Å². The van der Waals surface area contributed by atoms with Crippen molar-refractivity contribution in [3.8, 4) is 0 Å². The van der Waals surface area contributed by atoms with Gasteiger partial charge in [-0.2, -0.15) is 0 Å². The number of nitrogens with zero attached hydrogens (tertiary/aromatic N) is 2. The highest BCUT2D eigenvalue weighted by molar-refractivity contribution is 5.02. The van der Waals surface area contributed by atoms with Crippen LogP contribution in [0.3, 0.4) is 0 Å². The number of aliphatic hydroxyl groups is 1. The lowest BCUT2D eigenvalue weighted by Gasteiger charge is -2.49. The van der Waals surface area contributed by atoms with Gasteiger partial charge in [0.15, 0.2) is 0 Å². The highest BCUT2D eigenvalue weighted by Gasteiger charge is 2.36. The van der Waals surface area contributed by atoms with E-state index in [0.717, 1.165) is 38.5 Å². The van der Waals surface area contributed by atoms with Crippen molar-refractivity contribution in [2.45, 2.75) is 18.6 Å². The van der Waals surface area contributed by atoms with Crippen LogP contribution in [-0.4, -0.2) is 59.8 Å². The maximum Gasteiger partial charge on any atom is 0.106 e. The van der Waals surface area contributed by atoms with Gasteiger partial charge >= 0.3 is 0 Å². The Labute approximate surface area is 95.4 Å². The van der Waals surface area contributed by atoms with Gasteiger partial charge < -0.3 is 9.52 Å². The molecule has 1 N–H and O–H groups in total. The Balaban J connectivity index is 1.64. The highest BCUT2D eigenvalue weighted by atomic mass is 16.3. The van der Waals surface area contributed by atoms with Crippen LogP contribution in [0.5, 0.6) is 0 Å². The molecule has 0 aromatic carbocycles. The monoisotopic (exact) mass is 222 g/mol. The first-order chi connectivity index (χ1) is 7.83. The van der Waals surface area contributed by atoms with E-state index >= 15 is 0 Å². The van der Waals surface area contributed by atoms with Crippen LogP contribution in [-0.2, 0) is 6.42 Å². The maximum atomic E-state index is 10.2. The van der Waals surface area contributed by atoms with Gasteiger partial charge in [-0.15, -0.1) is 0 Å². The van der Waals surface area contributed by atoms with Crippen molar-refractivity contribution >= 4 is 0 Å². The van der Waals surface area contributed by atoms with Gasteiger partial charge in [-0.25, -0.2) is 0 Å². The van der Waals surface area contributed by atoms with Gasteiger partial charge in [0.2, 0.25) is 0 Å². The van der Waals surface area contributed by atoms with E-state index < -0.39 is 0 Å². The van der Waals surface area contributed by atoms with Crippen LogP contribution < -0.4 is 0 Å². The molecule has 2 atom stereocenters. The topological polar surface area (TPSA) is 39.9 Å². The molecule has 3 saturated heterocycles. The molecule has 0 aliphatic carbocycles. The molecule has 88 valence electrons. The van der Waals surface area contributed by atoms with Crippen LogP contribution in [0.1, 0.15) is 5.76 Å². The van der Waals surface area contributed by atoms with Gasteiger partial charge in [0.1, 0.15) is 5.76 Å². The first kappa shape index (κ1) is 10.3. The van der Waals surface area contributed by atoms with Gasteiger partial charge in [0, 0.05) is 45.2 Å². The van der Waals surface area contributed by atoms with Gasteiger partial charge in [-0.05, 0) is 12.1 Å². The summed E-state index contributed by atoms with van der Waals surface area (Å²) in [6.45, 7) is 5.51. The molecule has 4 rings (SSSR count). The predicted octanol–water partition coefficient (Wildman–Crippen LogP) is 0.183. The molecule has 2 bridgehead atoms. The van der Waals surface area contributed by atoms with E-state index in [9.17, 15) is 5.11 Å². The average molecular weight is 222 g/mol. The van der Waals surface area contributed by atoms with Crippen molar-refractivity contribution in [3.63, 3.8) is 0 Å². The molecule has 16 heavy (non-hydrogen) atoms. The second kappa shape index (κ2) is 4.20. The average Bonchev–Trinajstić information content (AvgIpc) is 2.83. The van der Waals surface area contributed by atoms with E-state index in [2.05, 4.69) is 9.80 Å². The lowest BCUT2D eigenvalue weighted by atomic mass is 9.99. The fraction of sp³-hybridized carbons (Fsp3) is 0.667. The van der Waals surface area contributed by atoms with Gasteiger partial charge in [-0.3, -0.25) is 9.80 Å². The zero-order chi connectivity index (χ0) is 11.0. The van der Waals surface area contributed by atoms with Gasteiger partial charge in [0.05, 0.1) is 12.4 Å². The van der Waals surface area contributed by atoms with E-state index in [1.807, 2.05) is 12.1 Å². The summed E-state index contributed by atoms with van der Waals surface area (Å²) < 4.78 is 5.28. The molecule has 0 spiro atoms. The SMILES string of the molecule is OC(Cc1ccco1)C1CN2CCN1CC2. The summed E-state index contributed by atoms with van der Waals surface area (Å²) >= 11 is 0. The first-order valence-electron chi connectivity index (χ1n) is 6.00. The van der Waals surface area contributed by atoms with Crippen LogP contribution >= 0.6 is 0 Å². The molecule has 1 aromatic heterocycles. The van der Waals surface area contributed by atoms with Crippen molar-refractivity contribution < 1.29 is 9.52 Å². The summed E-state index contributed by atoms with van der Waals surface area (Å²) in [6.07, 6.45) is 1.98. The summed E-state index contributed by atoms with van der Waals surface area (Å²) in [5, 5.41) is 10.2. The quantitative estimate of drug-likeness (QED) is 0.792. The summed E-state index contributed by atoms with van der Waals surface area (Å²) in [5.41, 5.74) is 0. The minimum atomic E-state index is -0.311. The number of hydrogen-bond donors (Lipinski definition) is 1. The number of furan rings is 1. The molecule has 4 heterocycles. The molecule has 2 unspecified atom stereocenters. The highest BCUT2D eigenvalue weighted by Crippen LogP contribution is 2.20. The molecule has 0 saturated carbocycles. The molecule has 1 aromatic rings. The standard InChI is InChI=1S/C12H18N2O2/c15-12(8-10-2-1-7-16-10)11-9-13-3-5-14(11)6-4-13/h1-2,7,11-12,15H,3-6,8-9H2. The summed E-state index contributed by atoms with van der Waals surface area (Å²) in [7, 11) is 0. The first-order valence-corrected chi connectivity index (χ1v) is 6.00. The molecule has 4 heteroatoms. The van der Waals surface area contributed by atoms with E-state index in [4.69, 9.17) is 4.42 Å². The smallest absolute Gasteiger partial charge is 0.106 e. The molecule has 3 fully saturated rings. The van der Waals surface area contributed by atoms with E-state index in [-0.39, 0.29) is 12.1 Å².